The summed E-state index contributed by atoms with van der Waals surface area (Å²) in [6.45, 7) is 1.72. The van der Waals surface area contributed by atoms with E-state index in [-0.39, 0.29) is 12.4 Å². The third kappa shape index (κ3) is 3.04. The summed E-state index contributed by atoms with van der Waals surface area (Å²) in [6, 6.07) is 1.93. The highest BCUT2D eigenvalue weighted by molar-refractivity contribution is 9.10. The van der Waals surface area contributed by atoms with Crippen LogP contribution in [0.1, 0.15) is 18.7 Å². The third-order valence-electron chi connectivity index (χ3n) is 1.75. The fourth-order valence-corrected chi connectivity index (χ4v) is 1.34. The number of rotatable bonds is 4. The van der Waals surface area contributed by atoms with Crippen LogP contribution in [0.4, 0.5) is 4.39 Å². The largest absolute Gasteiger partial charge is 0.464 e. The Hall–Kier alpha value is -0.880. The highest BCUT2D eigenvalue weighted by Gasteiger charge is 2.29. The number of alkyl halides is 1. The summed E-state index contributed by atoms with van der Waals surface area (Å²) >= 11 is 3.06. The molecule has 2 atom stereocenters. The van der Waals surface area contributed by atoms with Gasteiger partial charge in [-0.15, -0.1) is 0 Å². The molecule has 2 N–H and O–H groups in total. The van der Waals surface area contributed by atoms with Gasteiger partial charge >= 0.3 is 5.97 Å². The van der Waals surface area contributed by atoms with Crippen molar-refractivity contribution in [1.82, 2.24) is 0 Å². The number of nitrogens with two attached hydrogens (primary N) is 1. The predicted octanol–water partition coefficient (Wildman–Crippen LogP) is 1.94. The Morgan fingerprint density at radius 2 is 2.40 bits per heavy atom. The van der Waals surface area contributed by atoms with E-state index in [2.05, 4.69) is 20.7 Å². The van der Waals surface area contributed by atoms with E-state index in [0.717, 1.165) is 0 Å². The maximum Gasteiger partial charge on any atom is 0.342 e. The Kier molecular flexibility index (Phi) is 4.28. The van der Waals surface area contributed by atoms with Gasteiger partial charge in [0, 0.05) is 0 Å². The highest BCUT2D eigenvalue weighted by Crippen LogP contribution is 2.23. The van der Waals surface area contributed by atoms with Crippen molar-refractivity contribution in [2.75, 3.05) is 6.61 Å². The number of esters is 1. The van der Waals surface area contributed by atoms with Crippen LogP contribution in [-0.4, -0.2) is 18.7 Å². The predicted molar refractivity (Wildman–Crippen MR) is 54.9 cm³/mol. The molecule has 15 heavy (non-hydrogen) atoms. The second-order valence-electron chi connectivity index (χ2n) is 2.82. The van der Waals surface area contributed by atoms with E-state index in [9.17, 15) is 9.18 Å². The van der Waals surface area contributed by atoms with E-state index in [0.29, 0.717) is 4.67 Å². The van der Waals surface area contributed by atoms with Crippen molar-refractivity contribution in [2.24, 2.45) is 5.73 Å². The molecule has 1 aromatic rings. The molecule has 0 radical (unpaired) electrons. The maximum absolute atomic E-state index is 13.4. The molecule has 0 aliphatic heterocycles. The molecule has 0 aliphatic carbocycles. The zero-order valence-corrected chi connectivity index (χ0v) is 9.66. The standard InChI is InChI=1S/C9H11BrFNO3/c1-2-14-9(13)7(11)8(12)5-3-4-6(10)15-5/h3-4,7-8H,2,12H2,1H3/t7?,8-/m0/s1. The zero-order chi connectivity index (χ0) is 11.4. The van der Waals surface area contributed by atoms with E-state index in [1.807, 2.05) is 0 Å². The lowest BCUT2D eigenvalue weighted by atomic mass is 10.1. The van der Waals surface area contributed by atoms with Gasteiger partial charge in [-0.1, -0.05) is 0 Å². The number of halogens is 2. The minimum absolute atomic E-state index is 0.119. The Bertz CT molecular complexity index is 342. The second kappa shape index (κ2) is 5.27. The van der Waals surface area contributed by atoms with Gasteiger partial charge < -0.3 is 14.9 Å². The van der Waals surface area contributed by atoms with Crippen LogP contribution in [0.3, 0.4) is 0 Å². The molecule has 0 saturated carbocycles. The average molecular weight is 280 g/mol. The molecule has 1 unspecified atom stereocenters. The summed E-state index contributed by atoms with van der Waals surface area (Å²) < 4.78 is 23.4. The van der Waals surface area contributed by atoms with Crippen molar-refractivity contribution in [2.45, 2.75) is 19.1 Å². The van der Waals surface area contributed by atoms with E-state index >= 15 is 0 Å². The van der Waals surface area contributed by atoms with Crippen LogP contribution in [0.15, 0.2) is 21.2 Å². The SMILES string of the molecule is CCOC(=O)C(F)[C@@H](N)c1ccc(Br)o1. The Balaban J connectivity index is 2.67. The highest BCUT2D eigenvalue weighted by atomic mass is 79.9. The summed E-state index contributed by atoms with van der Waals surface area (Å²) in [6.07, 6.45) is -1.91. The Morgan fingerprint density at radius 1 is 1.73 bits per heavy atom. The van der Waals surface area contributed by atoms with Gasteiger partial charge in [-0.05, 0) is 35.0 Å². The lowest BCUT2D eigenvalue weighted by Crippen LogP contribution is -2.31. The van der Waals surface area contributed by atoms with E-state index in [1.54, 1.807) is 13.0 Å². The molecule has 1 heterocycles. The van der Waals surface area contributed by atoms with Gasteiger partial charge in [0.1, 0.15) is 11.8 Å². The molecule has 0 fully saturated rings. The molecular formula is C9H11BrFNO3. The lowest BCUT2D eigenvalue weighted by Gasteiger charge is -2.12. The van der Waals surface area contributed by atoms with Crippen molar-refractivity contribution < 1.29 is 18.3 Å². The number of carbonyl (C=O) groups excluding carboxylic acids is 1. The van der Waals surface area contributed by atoms with Crippen molar-refractivity contribution in [1.29, 1.82) is 0 Å². The number of furan rings is 1. The molecule has 4 nitrogen and oxygen atoms in total. The van der Waals surface area contributed by atoms with Gasteiger partial charge in [0.15, 0.2) is 4.67 Å². The smallest absolute Gasteiger partial charge is 0.342 e. The molecular weight excluding hydrogens is 269 g/mol. The first-order valence-corrected chi connectivity index (χ1v) is 5.17. The van der Waals surface area contributed by atoms with Crippen LogP contribution in [0.25, 0.3) is 0 Å². The molecule has 84 valence electrons. The fraction of sp³-hybridized carbons (Fsp3) is 0.444. The number of ether oxygens (including phenoxy) is 1. The van der Waals surface area contributed by atoms with Crippen molar-refractivity contribution >= 4 is 21.9 Å². The van der Waals surface area contributed by atoms with Crippen molar-refractivity contribution in [3.63, 3.8) is 0 Å². The zero-order valence-electron chi connectivity index (χ0n) is 8.07. The number of hydrogen-bond donors (Lipinski definition) is 1. The fourth-order valence-electron chi connectivity index (χ4n) is 1.02. The van der Waals surface area contributed by atoms with Gasteiger partial charge in [0.05, 0.1) is 6.61 Å². The topological polar surface area (TPSA) is 65.5 Å². The van der Waals surface area contributed by atoms with Crippen LogP contribution in [0, 0.1) is 0 Å². The summed E-state index contributed by atoms with van der Waals surface area (Å²) in [5.74, 6) is -0.778. The van der Waals surface area contributed by atoms with Crippen LogP contribution in [-0.2, 0) is 9.53 Å². The van der Waals surface area contributed by atoms with Gasteiger partial charge in [-0.3, -0.25) is 0 Å². The van der Waals surface area contributed by atoms with Gasteiger partial charge in [0.2, 0.25) is 6.17 Å². The van der Waals surface area contributed by atoms with Gasteiger partial charge in [-0.2, -0.15) is 0 Å². The van der Waals surface area contributed by atoms with Crippen LogP contribution >= 0.6 is 15.9 Å². The number of hydrogen-bond acceptors (Lipinski definition) is 4. The monoisotopic (exact) mass is 279 g/mol. The Labute approximate surface area is 94.7 Å². The maximum atomic E-state index is 13.4. The van der Waals surface area contributed by atoms with E-state index < -0.39 is 18.2 Å². The molecule has 0 amide bonds. The van der Waals surface area contributed by atoms with Crippen LogP contribution < -0.4 is 5.73 Å². The summed E-state index contributed by atoms with van der Waals surface area (Å²) in [5.41, 5.74) is 5.49. The van der Waals surface area contributed by atoms with Crippen LogP contribution in [0.5, 0.6) is 0 Å². The molecule has 0 spiro atoms. The molecule has 1 aromatic heterocycles. The molecule has 0 saturated heterocycles. The summed E-state index contributed by atoms with van der Waals surface area (Å²) in [7, 11) is 0. The first-order valence-electron chi connectivity index (χ1n) is 4.37. The summed E-state index contributed by atoms with van der Waals surface area (Å²) in [4.78, 5) is 11.0. The molecule has 0 aromatic carbocycles. The number of carbonyl (C=O) groups is 1. The van der Waals surface area contributed by atoms with Gasteiger partial charge in [-0.25, -0.2) is 9.18 Å². The van der Waals surface area contributed by atoms with Crippen molar-refractivity contribution in [3.8, 4) is 0 Å². The quantitative estimate of drug-likeness (QED) is 0.856. The lowest BCUT2D eigenvalue weighted by molar-refractivity contribution is -0.150. The third-order valence-corrected chi connectivity index (χ3v) is 2.18. The molecule has 0 bridgehead atoms. The van der Waals surface area contributed by atoms with Crippen LogP contribution in [0.2, 0.25) is 0 Å². The average Bonchev–Trinajstić information content (AvgIpc) is 2.63. The molecule has 6 heteroatoms. The minimum Gasteiger partial charge on any atom is -0.464 e. The molecule has 1 rings (SSSR count). The Morgan fingerprint density at radius 3 is 2.87 bits per heavy atom. The summed E-state index contributed by atoms with van der Waals surface area (Å²) in [5, 5.41) is 0. The van der Waals surface area contributed by atoms with Crippen molar-refractivity contribution in [3.05, 3.63) is 22.6 Å². The second-order valence-corrected chi connectivity index (χ2v) is 3.60. The minimum atomic E-state index is -1.91. The van der Waals surface area contributed by atoms with E-state index in [1.165, 1.54) is 6.07 Å². The van der Waals surface area contributed by atoms with E-state index in [4.69, 9.17) is 10.2 Å². The first-order chi connectivity index (χ1) is 7.06. The normalized spacial score (nSPS) is 14.7. The molecule has 0 aliphatic rings. The first kappa shape index (κ1) is 12.2. The van der Waals surface area contributed by atoms with Gasteiger partial charge in [0.25, 0.3) is 0 Å².